The fourth-order valence-electron chi connectivity index (χ4n) is 2.26. The van der Waals surface area contributed by atoms with Crippen LogP contribution >= 0.6 is 0 Å². The monoisotopic (exact) mass is 274 g/mol. The van der Waals surface area contributed by atoms with E-state index in [9.17, 15) is 9.50 Å². The molecule has 1 unspecified atom stereocenters. The average Bonchev–Trinajstić information content (AvgIpc) is 2.46. The fourth-order valence-corrected chi connectivity index (χ4v) is 2.26. The van der Waals surface area contributed by atoms with Crippen LogP contribution in [0.5, 0.6) is 0 Å². The number of benzene rings is 1. The summed E-state index contributed by atoms with van der Waals surface area (Å²) in [6.45, 7) is 3.75. The first-order chi connectivity index (χ1) is 9.54. The van der Waals surface area contributed by atoms with E-state index in [2.05, 4.69) is 4.98 Å². The zero-order chi connectivity index (χ0) is 14.7. The van der Waals surface area contributed by atoms with Crippen LogP contribution in [0.25, 0.3) is 0 Å². The van der Waals surface area contributed by atoms with Crippen LogP contribution in [0.4, 0.5) is 10.1 Å². The minimum atomic E-state index is -0.219. The smallest absolute Gasteiger partial charge is 0.128 e. The van der Waals surface area contributed by atoms with Crippen molar-refractivity contribution in [3.05, 3.63) is 59.2 Å². The van der Waals surface area contributed by atoms with Gasteiger partial charge in [-0.15, -0.1) is 0 Å². The number of rotatable bonds is 4. The standard InChI is InChI=1S/C16H19FN2O/c1-11-8-16(13(10-20)9-18-11)19(3)12(2)14-6-4-5-7-15(14)17/h4-9,12,20H,10H2,1-3H3. The van der Waals surface area contributed by atoms with E-state index < -0.39 is 0 Å². The van der Waals surface area contributed by atoms with Gasteiger partial charge in [-0.25, -0.2) is 4.39 Å². The van der Waals surface area contributed by atoms with Crippen molar-refractivity contribution in [3.8, 4) is 0 Å². The molecule has 0 radical (unpaired) electrons. The lowest BCUT2D eigenvalue weighted by molar-refractivity contribution is 0.281. The number of hydrogen-bond donors (Lipinski definition) is 1. The molecule has 1 heterocycles. The van der Waals surface area contributed by atoms with Crippen molar-refractivity contribution in [2.24, 2.45) is 0 Å². The Balaban J connectivity index is 2.38. The van der Waals surface area contributed by atoms with Crippen LogP contribution in [0.15, 0.2) is 36.5 Å². The highest BCUT2D eigenvalue weighted by molar-refractivity contribution is 5.54. The molecule has 0 aliphatic heterocycles. The van der Waals surface area contributed by atoms with Crippen LogP contribution in [0.1, 0.15) is 29.8 Å². The highest BCUT2D eigenvalue weighted by Gasteiger charge is 2.18. The van der Waals surface area contributed by atoms with E-state index in [-0.39, 0.29) is 18.5 Å². The Morgan fingerprint density at radius 2 is 2.05 bits per heavy atom. The van der Waals surface area contributed by atoms with E-state index in [1.165, 1.54) is 6.07 Å². The lowest BCUT2D eigenvalue weighted by atomic mass is 10.0. The van der Waals surface area contributed by atoms with Gasteiger partial charge in [0.15, 0.2) is 0 Å². The van der Waals surface area contributed by atoms with Crippen molar-refractivity contribution in [1.29, 1.82) is 0 Å². The second-order valence-corrected chi connectivity index (χ2v) is 4.92. The SMILES string of the molecule is Cc1cc(N(C)C(C)c2ccccc2F)c(CO)cn1. The van der Waals surface area contributed by atoms with Gasteiger partial charge >= 0.3 is 0 Å². The molecule has 1 atom stereocenters. The fraction of sp³-hybridized carbons (Fsp3) is 0.312. The number of aliphatic hydroxyl groups excluding tert-OH is 1. The summed E-state index contributed by atoms with van der Waals surface area (Å²) in [5, 5.41) is 9.42. The minimum Gasteiger partial charge on any atom is -0.392 e. The molecule has 3 nitrogen and oxygen atoms in total. The van der Waals surface area contributed by atoms with Crippen LogP contribution in [0, 0.1) is 12.7 Å². The minimum absolute atomic E-state index is 0.0864. The number of aliphatic hydroxyl groups is 1. The summed E-state index contributed by atoms with van der Waals surface area (Å²) in [7, 11) is 1.89. The summed E-state index contributed by atoms with van der Waals surface area (Å²) in [4.78, 5) is 6.14. The van der Waals surface area contributed by atoms with Crippen molar-refractivity contribution in [2.45, 2.75) is 26.5 Å². The number of aryl methyl sites for hydroxylation is 1. The molecule has 0 bridgehead atoms. The number of aromatic nitrogens is 1. The number of pyridine rings is 1. The Morgan fingerprint density at radius 1 is 1.35 bits per heavy atom. The van der Waals surface area contributed by atoms with Crippen molar-refractivity contribution in [1.82, 2.24) is 4.98 Å². The van der Waals surface area contributed by atoms with Crippen LogP contribution in [0.3, 0.4) is 0 Å². The van der Waals surface area contributed by atoms with Gasteiger partial charge in [-0.2, -0.15) is 0 Å². The number of anilines is 1. The lowest BCUT2D eigenvalue weighted by Gasteiger charge is -2.29. The topological polar surface area (TPSA) is 36.4 Å². The first-order valence-electron chi connectivity index (χ1n) is 6.58. The lowest BCUT2D eigenvalue weighted by Crippen LogP contribution is -2.24. The third kappa shape index (κ3) is 2.80. The van der Waals surface area contributed by atoms with Crippen LogP contribution < -0.4 is 4.90 Å². The average molecular weight is 274 g/mol. The third-order valence-corrected chi connectivity index (χ3v) is 3.59. The normalized spacial score (nSPS) is 12.2. The molecule has 2 rings (SSSR count). The Morgan fingerprint density at radius 3 is 2.70 bits per heavy atom. The van der Waals surface area contributed by atoms with E-state index in [0.29, 0.717) is 5.56 Å². The number of hydrogen-bond acceptors (Lipinski definition) is 3. The van der Waals surface area contributed by atoms with Gasteiger partial charge in [-0.05, 0) is 26.0 Å². The summed E-state index contributed by atoms with van der Waals surface area (Å²) in [6, 6.07) is 8.52. The van der Waals surface area contributed by atoms with Gasteiger partial charge in [0.05, 0.1) is 12.6 Å². The molecule has 1 aromatic heterocycles. The maximum Gasteiger partial charge on any atom is 0.128 e. The van der Waals surface area contributed by atoms with Gasteiger partial charge < -0.3 is 10.0 Å². The molecule has 0 amide bonds. The predicted molar refractivity (Wildman–Crippen MR) is 78.1 cm³/mol. The molecule has 0 saturated heterocycles. The zero-order valence-corrected chi connectivity index (χ0v) is 12.0. The predicted octanol–water partition coefficient (Wildman–Crippen LogP) is 3.22. The Bertz CT molecular complexity index is 601. The summed E-state index contributed by atoms with van der Waals surface area (Å²) in [5.41, 5.74) is 3.11. The number of halogens is 1. The quantitative estimate of drug-likeness (QED) is 0.930. The summed E-state index contributed by atoms with van der Waals surface area (Å²) in [6.07, 6.45) is 1.66. The van der Waals surface area contributed by atoms with Gasteiger partial charge in [-0.3, -0.25) is 4.98 Å². The molecule has 20 heavy (non-hydrogen) atoms. The Kier molecular flexibility index (Phi) is 4.35. The molecule has 0 aliphatic carbocycles. The molecule has 0 saturated carbocycles. The molecule has 106 valence electrons. The van der Waals surface area contributed by atoms with Crippen LogP contribution in [-0.2, 0) is 6.61 Å². The second kappa shape index (κ2) is 6.01. The highest BCUT2D eigenvalue weighted by atomic mass is 19.1. The second-order valence-electron chi connectivity index (χ2n) is 4.92. The van der Waals surface area contributed by atoms with Crippen LogP contribution in [0.2, 0.25) is 0 Å². The van der Waals surface area contributed by atoms with Crippen LogP contribution in [-0.4, -0.2) is 17.1 Å². The molecule has 0 spiro atoms. The summed E-state index contributed by atoms with van der Waals surface area (Å²) >= 11 is 0. The molecular formula is C16H19FN2O. The summed E-state index contributed by atoms with van der Waals surface area (Å²) < 4.78 is 13.9. The number of nitrogens with zero attached hydrogens (tertiary/aromatic N) is 2. The molecule has 0 aliphatic rings. The van der Waals surface area contributed by atoms with Gasteiger partial charge in [-0.1, -0.05) is 18.2 Å². The van der Waals surface area contributed by atoms with Crippen molar-refractivity contribution in [2.75, 3.05) is 11.9 Å². The Hall–Kier alpha value is -1.94. The molecule has 1 aromatic carbocycles. The largest absolute Gasteiger partial charge is 0.392 e. The van der Waals surface area contributed by atoms with Gasteiger partial charge in [0.1, 0.15) is 5.82 Å². The van der Waals surface area contributed by atoms with E-state index in [0.717, 1.165) is 16.9 Å². The molecular weight excluding hydrogens is 255 g/mol. The highest BCUT2D eigenvalue weighted by Crippen LogP contribution is 2.29. The van der Waals surface area contributed by atoms with Gasteiger partial charge in [0.2, 0.25) is 0 Å². The van der Waals surface area contributed by atoms with Crippen molar-refractivity contribution < 1.29 is 9.50 Å². The van der Waals surface area contributed by atoms with Crippen molar-refractivity contribution >= 4 is 5.69 Å². The molecule has 2 aromatic rings. The molecule has 4 heteroatoms. The zero-order valence-electron chi connectivity index (χ0n) is 12.0. The maximum absolute atomic E-state index is 13.9. The first-order valence-corrected chi connectivity index (χ1v) is 6.58. The third-order valence-electron chi connectivity index (χ3n) is 3.59. The van der Waals surface area contributed by atoms with E-state index in [4.69, 9.17) is 0 Å². The first kappa shape index (κ1) is 14.5. The van der Waals surface area contributed by atoms with E-state index in [1.54, 1.807) is 18.3 Å². The Labute approximate surface area is 118 Å². The van der Waals surface area contributed by atoms with Gasteiger partial charge in [0.25, 0.3) is 0 Å². The maximum atomic E-state index is 13.9. The van der Waals surface area contributed by atoms with E-state index in [1.807, 2.05) is 37.9 Å². The van der Waals surface area contributed by atoms with Gasteiger partial charge in [0, 0.05) is 35.8 Å². The molecule has 1 N–H and O–H groups in total. The molecule has 0 fully saturated rings. The van der Waals surface area contributed by atoms with E-state index >= 15 is 0 Å². The van der Waals surface area contributed by atoms with Crippen molar-refractivity contribution in [3.63, 3.8) is 0 Å². The summed E-state index contributed by atoms with van der Waals surface area (Å²) in [5.74, 6) is -0.219.